The van der Waals surface area contributed by atoms with Gasteiger partial charge >= 0.3 is 0 Å². The molecule has 0 fully saturated rings. The normalized spacial score (nSPS) is 11.1. The number of amides is 1. The third kappa shape index (κ3) is 4.48. The van der Waals surface area contributed by atoms with Gasteiger partial charge in [0.15, 0.2) is 0 Å². The Bertz CT molecular complexity index is 655. The molecule has 2 rings (SSSR count). The molecule has 3 heteroatoms. The second kappa shape index (κ2) is 7.46. The first-order valence-corrected chi connectivity index (χ1v) is 7.39. The lowest BCUT2D eigenvalue weighted by atomic mass is 10.2. The van der Waals surface area contributed by atoms with E-state index in [-0.39, 0.29) is 5.91 Å². The Hall–Kier alpha value is -2.55. The minimum atomic E-state index is -0.140. The average Bonchev–Trinajstić information content (AvgIpc) is 2.52. The summed E-state index contributed by atoms with van der Waals surface area (Å²) >= 11 is 0. The summed E-state index contributed by atoms with van der Waals surface area (Å²) in [6, 6.07) is 15.4. The molecule has 114 valence electrons. The minimum Gasteiger partial charge on any atom is -0.465 e. The Balaban J connectivity index is 2.03. The summed E-state index contributed by atoms with van der Waals surface area (Å²) in [6.45, 7) is 5.96. The molecular weight excluding hydrogens is 274 g/mol. The first kappa shape index (κ1) is 15.8. The number of carbonyl (C=O) groups is 1. The van der Waals surface area contributed by atoms with E-state index in [2.05, 4.69) is 5.32 Å². The van der Waals surface area contributed by atoms with Crippen LogP contribution in [0.1, 0.15) is 24.5 Å². The van der Waals surface area contributed by atoms with Crippen LogP contribution in [0.4, 0.5) is 5.69 Å². The number of rotatable bonds is 5. The molecule has 0 aromatic heterocycles. The highest BCUT2D eigenvalue weighted by Crippen LogP contribution is 2.15. The lowest BCUT2D eigenvalue weighted by molar-refractivity contribution is -0.113. The summed E-state index contributed by atoms with van der Waals surface area (Å²) in [6.07, 6.45) is 2.12. The molecule has 1 amide bonds. The van der Waals surface area contributed by atoms with Gasteiger partial charge < -0.3 is 10.1 Å². The number of benzene rings is 2. The van der Waals surface area contributed by atoms with Gasteiger partial charge in [0.05, 0.1) is 11.8 Å². The number of anilines is 1. The lowest BCUT2D eigenvalue weighted by Crippen LogP contribution is -2.14. The van der Waals surface area contributed by atoms with E-state index in [4.69, 9.17) is 4.74 Å². The van der Waals surface area contributed by atoms with Crippen LogP contribution >= 0.6 is 0 Å². The fourth-order valence-corrected chi connectivity index (χ4v) is 1.90. The quantitative estimate of drug-likeness (QED) is 0.646. The molecule has 0 aliphatic heterocycles. The van der Waals surface area contributed by atoms with E-state index >= 15 is 0 Å². The van der Waals surface area contributed by atoms with Gasteiger partial charge in [-0.15, -0.1) is 0 Å². The maximum absolute atomic E-state index is 12.2. The van der Waals surface area contributed by atoms with Crippen molar-refractivity contribution < 1.29 is 9.53 Å². The molecule has 0 atom stereocenters. The van der Waals surface area contributed by atoms with E-state index in [1.54, 1.807) is 0 Å². The van der Waals surface area contributed by atoms with Gasteiger partial charge in [0, 0.05) is 5.69 Å². The highest BCUT2D eigenvalue weighted by Gasteiger charge is 2.08. The van der Waals surface area contributed by atoms with Crippen LogP contribution in [-0.4, -0.2) is 5.91 Å². The van der Waals surface area contributed by atoms with Crippen molar-refractivity contribution in [2.75, 3.05) is 5.32 Å². The third-order valence-corrected chi connectivity index (χ3v) is 3.34. The van der Waals surface area contributed by atoms with Crippen molar-refractivity contribution in [2.24, 2.45) is 0 Å². The predicted octanol–water partition coefficient (Wildman–Crippen LogP) is 4.61. The number of aryl methyl sites for hydroxylation is 2. The van der Waals surface area contributed by atoms with E-state index < -0.39 is 0 Å². The molecule has 0 unspecified atom stereocenters. The molecule has 0 aliphatic carbocycles. The summed E-state index contributed by atoms with van der Waals surface area (Å²) in [5.41, 5.74) is 3.71. The Morgan fingerprint density at radius 1 is 1.00 bits per heavy atom. The maximum Gasteiger partial charge on any atom is 0.254 e. The SMILES string of the molecule is CC/C(=C\Oc1ccc(C)cc1)C(=O)Nc1ccc(C)cc1. The van der Waals surface area contributed by atoms with E-state index in [1.807, 2.05) is 69.3 Å². The topological polar surface area (TPSA) is 38.3 Å². The number of hydrogen-bond acceptors (Lipinski definition) is 2. The maximum atomic E-state index is 12.2. The predicted molar refractivity (Wildman–Crippen MR) is 90.0 cm³/mol. The second-order valence-electron chi connectivity index (χ2n) is 5.25. The Kier molecular flexibility index (Phi) is 5.37. The zero-order chi connectivity index (χ0) is 15.9. The molecule has 0 heterocycles. The van der Waals surface area contributed by atoms with Gasteiger partial charge in [0.2, 0.25) is 0 Å². The Morgan fingerprint density at radius 2 is 1.55 bits per heavy atom. The molecule has 0 bridgehead atoms. The molecule has 0 radical (unpaired) electrons. The van der Waals surface area contributed by atoms with Crippen LogP contribution in [0.15, 0.2) is 60.4 Å². The van der Waals surface area contributed by atoms with Crippen molar-refractivity contribution in [2.45, 2.75) is 27.2 Å². The zero-order valence-electron chi connectivity index (χ0n) is 13.2. The molecule has 0 saturated heterocycles. The third-order valence-electron chi connectivity index (χ3n) is 3.34. The molecule has 0 aliphatic rings. The molecule has 0 saturated carbocycles. The molecule has 0 spiro atoms. The first-order valence-electron chi connectivity index (χ1n) is 7.39. The van der Waals surface area contributed by atoms with E-state index in [1.165, 1.54) is 11.8 Å². The van der Waals surface area contributed by atoms with Gasteiger partial charge in [0.25, 0.3) is 5.91 Å². The molecule has 22 heavy (non-hydrogen) atoms. The van der Waals surface area contributed by atoms with Gasteiger partial charge in [-0.3, -0.25) is 4.79 Å². The lowest BCUT2D eigenvalue weighted by Gasteiger charge is -2.08. The zero-order valence-corrected chi connectivity index (χ0v) is 13.2. The first-order chi connectivity index (χ1) is 10.6. The molecule has 1 N–H and O–H groups in total. The van der Waals surface area contributed by atoms with Crippen LogP contribution in [0, 0.1) is 13.8 Å². The molecule has 3 nitrogen and oxygen atoms in total. The number of nitrogens with one attached hydrogen (secondary N) is 1. The van der Waals surface area contributed by atoms with Crippen LogP contribution in [0.25, 0.3) is 0 Å². The van der Waals surface area contributed by atoms with Crippen LogP contribution < -0.4 is 10.1 Å². The van der Waals surface area contributed by atoms with Gasteiger partial charge in [-0.05, 0) is 44.5 Å². The number of carbonyl (C=O) groups excluding carboxylic acids is 1. The second-order valence-corrected chi connectivity index (χ2v) is 5.25. The largest absolute Gasteiger partial charge is 0.465 e. The van der Waals surface area contributed by atoms with Crippen LogP contribution in [-0.2, 0) is 4.79 Å². The molecule has 2 aromatic carbocycles. The summed E-state index contributed by atoms with van der Waals surface area (Å²) in [5, 5.41) is 2.88. The average molecular weight is 295 g/mol. The molecule has 2 aromatic rings. The monoisotopic (exact) mass is 295 g/mol. The minimum absolute atomic E-state index is 0.140. The number of ether oxygens (including phenoxy) is 1. The highest BCUT2D eigenvalue weighted by molar-refractivity contribution is 6.03. The van der Waals surface area contributed by atoms with Gasteiger partial charge in [-0.25, -0.2) is 0 Å². The van der Waals surface area contributed by atoms with Gasteiger partial charge in [0.1, 0.15) is 5.75 Å². The van der Waals surface area contributed by atoms with Gasteiger partial charge in [-0.2, -0.15) is 0 Å². The summed E-state index contributed by atoms with van der Waals surface area (Å²) in [4.78, 5) is 12.2. The summed E-state index contributed by atoms with van der Waals surface area (Å²) in [5.74, 6) is 0.582. The van der Waals surface area contributed by atoms with E-state index in [0.717, 1.165) is 17.0 Å². The van der Waals surface area contributed by atoms with Crippen molar-refractivity contribution in [3.63, 3.8) is 0 Å². The van der Waals surface area contributed by atoms with E-state index in [9.17, 15) is 4.79 Å². The van der Waals surface area contributed by atoms with Crippen molar-refractivity contribution in [3.8, 4) is 5.75 Å². The van der Waals surface area contributed by atoms with Crippen LogP contribution in [0.2, 0.25) is 0 Å². The fraction of sp³-hybridized carbons (Fsp3) is 0.211. The molecular formula is C19H21NO2. The summed E-state index contributed by atoms with van der Waals surface area (Å²) in [7, 11) is 0. The Labute approximate surface area is 131 Å². The van der Waals surface area contributed by atoms with Crippen LogP contribution in [0.5, 0.6) is 5.75 Å². The van der Waals surface area contributed by atoms with Crippen molar-refractivity contribution in [3.05, 3.63) is 71.5 Å². The highest BCUT2D eigenvalue weighted by atomic mass is 16.5. The number of hydrogen-bond donors (Lipinski definition) is 1. The van der Waals surface area contributed by atoms with Crippen LogP contribution in [0.3, 0.4) is 0 Å². The van der Waals surface area contributed by atoms with E-state index in [0.29, 0.717) is 12.0 Å². The van der Waals surface area contributed by atoms with Crippen molar-refractivity contribution >= 4 is 11.6 Å². The van der Waals surface area contributed by atoms with Gasteiger partial charge in [-0.1, -0.05) is 42.3 Å². The smallest absolute Gasteiger partial charge is 0.254 e. The van der Waals surface area contributed by atoms with Crippen molar-refractivity contribution in [1.29, 1.82) is 0 Å². The fourth-order valence-electron chi connectivity index (χ4n) is 1.90. The Morgan fingerprint density at radius 3 is 2.09 bits per heavy atom. The summed E-state index contributed by atoms with van der Waals surface area (Å²) < 4.78 is 5.57. The van der Waals surface area contributed by atoms with Crippen molar-refractivity contribution in [1.82, 2.24) is 0 Å². The standard InChI is InChI=1S/C19H21NO2/c1-4-16(13-22-18-11-7-15(3)8-12-18)19(21)20-17-9-5-14(2)6-10-17/h5-13H,4H2,1-3H3,(H,20,21)/b16-13+.